The molecular weight excluding hydrogens is 240 g/mol. The van der Waals surface area contributed by atoms with Crippen molar-refractivity contribution in [3.05, 3.63) is 12.3 Å². The van der Waals surface area contributed by atoms with Crippen LogP contribution in [-0.2, 0) is 0 Å². The topological polar surface area (TPSA) is 38.2 Å². The van der Waals surface area contributed by atoms with Crippen LogP contribution in [0.1, 0.15) is 0 Å². The molecule has 0 aromatic carbocycles. The van der Waals surface area contributed by atoms with E-state index in [1.807, 2.05) is 0 Å². The molecule has 7 heteroatoms. The van der Waals surface area contributed by atoms with Gasteiger partial charge in [-0.05, 0) is 0 Å². The number of ether oxygens (including phenoxy) is 1. The molecule has 0 atom stereocenters. The summed E-state index contributed by atoms with van der Waals surface area (Å²) in [5.41, 5.74) is 0. The molecule has 0 aliphatic rings. The fourth-order valence-corrected chi connectivity index (χ4v) is 1.34. The second-order valence-corrected chi connectivity index (χ2v) is 3.30. The van der Waals surface area contributed by atoms with Gasteiger partial charge in [0.05, 0.1) is 13.7 Å². The van der Waals surface area contributed by atoms with E-state index in [0.29, 0.717) is 5.88 Å². The molecule has 0 bridgehead atoms. The predicted molar refractivity (Wildman–Crippen MR) is 57.5 cm³/mol. The Labute approximate surface area is 97.2 Å². The van der Waals surface area contributed by atoms with Crippen LogP contribution in [0, 0.1) is 0 Å². The van der Waals surface area contributed by atoms with Crippen LogP contribution >= 0.6 is 11.6 Å². The molecule has 4 nitrogen and oxygen atoms in total. The lowest BCUT2D eigenvalue weighted by atomic mass is 10.5. The third kappa shape index (κ3) is 3.77. The molecule has 0 amide bonds. The van der Waals surface area contributed by atoms with Gasteiger partial charge >= 0.3 is 0 Å². The SMILES string of the molecule is COc1ccnc(N(CCCl)CC(F)F)n1. The summed E-state index contributed by atoms with van der Waals surface area (Å²) in [7, 11) is 1.45. The van der Waals surface area contributed by atoms with E-state index >= 15 is 0 Å². The van der Waals surface area contributed by atoms with Gasteiger partial charge in [0.1, 0.15) is 0 Å². The molecule has 0 saturated heterocycles. The van der Waals surface area contributed by atoms with Crippen LogP contribution in [0.2, 0.25) is 0 Å². The van der Waals surface area contributed by atoms with Gasteiger partial charge in [-0.25, -0.2) is 13.8 Å². The van der Waals surface area contributed by atoms with Gasteiger partial charge in [0.25, 0.3) is 6.43 Å². The quantitative estimate of drug-likeness (QED) is 0.723. The molecule has 0 radical (unpaired) electrons. The van der Waals surface area contributed by atoms with Crippen LogP contribution in [-0.4, -0.2) is 42.5 Å². The Bertz CT molecular complexity index is 327. The van der Waals surface area contributed by atoms with Gasteiger partial charge in [-0.3, -0.25) is 0 Å². The zero-order chi connectivity index (χ0) is 12.0. The normalized spacial score (nSPS) is 10.6. The van der Waals surface area contributed by atoms with Crippen LogP contribution in [0.5, 0.6) is 5.88 Å². The average molecular weight is 252 g/mol. The first kappa shape index (κ1) is 12.9. The Morgan fingerprint density at radius 3 is 2.88 bits per heavy atom. The highest BCUT2D eigenvalue weighted by Crippen LogP contribution is 2.13. The maximum absolute atomic E-state index is 12.3. The minimum Gasteiger partial charge on any atom is -0.481 e. The Kier molecular flexibility index (Phi) is 5.18. The van der Waals surface area contributed by atoms with Crippen molar-refractivity contribution in [2.75, 3.05) is 31.0 Å². The van der Waals surface area contributed by atoms with E-state index in [0.717, 1.165) is 0 Å². The van der Waals surface area contributed by atoms with E-state index in [1.54, 1.807) is 6.07 Å². The second-order valence-electron chi connectivity index (χ2n) is 2.93. The summed E-state index contributed by atoms with van der Waals surface area (Å²) >= 11 is 5.53. The first-order valence-corrected chi connectivity index (χ1v) is 5.17. The molecule has 0 N–H and O–H groups in total. The van der Waals surface area contributed by atoms with Crippen molar-refractivity contribution in [2.24, 2.45) is 0 Å². The van der Waals surface area contributed by atoms with E-state index < -0.39 is 13.0 Å². The van der Waals surface area contributed by atoms with Crippen LogP contribution in [0.25, 0.3) is 0 Å². The van der Waals surface area contributed by atoms with Gasteiger partial charge < -0.3 is 9.64 Å². The number of hydrogen-bond acceptors (Lipinski definition) is 4. The van der Waals surface area contributed by atoms with E-state index in [1.165, 1.54) is 18.2 Å². The molecule has 16 heavy (non-hydrogen) atoms. The lowest BCUT2D eigenvalue weighted by molar-refractivity contribution is 0.154. The Balaban J connectivity index is 2.82. The molecule has 0 aliphatic heterocycles. The summed E-state index contributed by atoms with van der Waals surface area (Å²) in [5, 5.41) is 0. The van der Waals surface area contributed by atoms with Gasteiger partial charge in [-0.15, -0.1) is 11.6 Å². The molecule has 0 spiro atoms. The van der Waals surface area contributed by atoms with Crippen molar-refractivity contribution >= 4 is 17.5 Å². The highest BCUT2D eigenvalue weighted by atomic mass is 35.5. The van der Waals surface area contributed by atoms with E-state index in [-0.39, 0.29) is 18.4 Å². The largest absolute Gasteiger partial charge is 0.481 e. The zero-order valence-corrected chi connectivity index (χ0v) is 9.49. The molecule has 1 aromatic rings. The number of rotatable bonds is 6. The van der Waals surface area contributed by atoms with Gasteiger partial charge in [0.15, 0.2) is 0 Å². The van der Waals surface area contributed by atoms with Crippen molar-refractivity contribution in [2.45, 2.75) is 6.43 Å². The van der Waals surface area contributed by atoms with Crippen molar-refractivity contribution in [3.8, 4) is 5.88 Å². The first-order chi connectivity index (χ1) is 7.67. The maximum atomic E-state index is 12.3. The number of alkyl halides is 3. The minimum absolute atomic E-state index is 0.195. The summed E-state index contributed by atoms with van der Waals surface area (Å²) in [6.45, 7) is -0.182. The monoisotopic (exact) mass is 251 g/mol. The summed E-state index contributed by atoms with van der Waals surface area (Å²) in [6.07, 6.45) is -1.01. The molecule has 0 unspecified atom stereocenters. The lowest BCUT2D eigenvalue weighted by Crippen LogP contribution is -2.32. The van der Waals surface area contributed by atoms with Crippen LogP contribution in [0.15, 0.2) is 12.3 Å². The molecule has 1 rings (SSSR count). The number of nitrogens with zero attached hydrogens (tertiary/aromatic N) is 3. The molecule has 0 aliphatic carbocycles. The fraction of sp³-hybridized carbons (Fsp3) is 0.556. The summed E-state index contributed by atoms with van der Waals surface area (Å²) in [6, 6.07) is 1.55. The summed E-state index contributed by atoms with van der Waals surface area (Å²) < 4.78 is 29.5. The fourth-order valence-electron chi connectivity index (χ4n) is 1.14. The summed E-state index contributed by atoms with van der Waals surface area (Å²) in [4.78, 5) is 9.19. The van der Waals surface area contributed by atoms with Crippen molar-refractivity contribution in [1.29, 1.82) is 0 Å². The standard InChI is InChI=1S/C9H12ClF2N3O/c1-16-8-2-4-13-9(14-8)15(5-3-10)6-7(11)12/h2,4,7H,3,5-6H2,1H3. The first-order valence-electron chi connectivity index (χ1n) is 4.63. The molecule has 90 valence electrons. The van der Waals surface area contributed by atoms with Crippen LogP contribution < -0.4 is 9.64 Å². The second kappa shape index (κ2) is 6.42. The van der Waals surface area contributed by atoms with Crippen molar-refractivity contribution < 1.29 is 13.5 Å². The van der Waals surface area contributed by atoms with Gasteiger partial charge in [0, 0.05) is 24.7 Å². The van der Waals surface area contributed by atoms with E-state index in [2.05, 4.69) is 9.97 Å². The molecular formula is C9H12ClF2N3O. The van der Waals surface area contributed by atoms with Gasteiger partial charge in [0.2, 0.25) is 11.8 Å². The predicted octanol–water partition coefficient (Wildman–Crippen LogP) is 1.80. The van der Waals surface area contributed by atoms with Crippen LogP contribution in [0.3, 0.4) is 0 Å². The van der Waals surface area contributed by atoms with Gasteiger partial charge in [-0.1, -0.05) is 0 Å². The third-order valence-electron chi connectivity index (χ3n) is 1.82. The van der Waals surface area contributed by atoms with E-state index in [4.69, 9.17) is 16.3 Å². The van der Waals surface area contributed by atoms with Crippen LogP contribution in [0.4, 0.5) is 14.7 Å². The highest BCUT2D eigenvalue weighted by Gasteiger charge is 2.15. The molecule has 1 heterocycles. The van der Waals surface area contributed by atoms with E-state index in [9.17, 15) is 8.78 Å². The minimum atomic E-state index is -2.46. The average Bonchev–Trinajstić information content (AvgIpc) is 2.28. The number of halogens is 3. The molecule has 0 saturated carbocycles. The third-order valence-corrected chi connectivity index (χ3v) is 1.99. The number of methoxy groups -OCH3 is 1. The highest BCUT2D eigenvalue weighted by molar-refractivity contribution is 6.18. The molecule has 0 fully saturated rings. The van der Waals surface area contributed by atoms with Crippen molar-refractivity contribution in [1.82, 2.24) is 9.97 Å². The number of aromatic nitrogens is 2. The Morgan fingerprint density at radius 2 is 2.31 bits per heavy atom. The summed E-state index contributed by atoms with van der Waals surface area (Å²) in [5.74, 6) is 0.756. The number of hydrogen-bond donors (Lipinski definition) is 0. The lowest BCUT2D eigenvalue weighted by Gasteiger charge is -2.20. The maximum Gasteiger partial charge on any atom is 0.255 e. The Hall–Kier alpha value is -1.17. The smallest absolute Gasteiger partial charge is 0.255 e. The molecule has 1 aromatic heterocycles. The number of anilines is 1. The zero-order valence-electron chi connectivity index (χ0n) is 8.74. The van der Waals surface area contributed by atoms with Gasteiger partial charge in [-0.2, -0.15) is 4.98 Å². The van der Waals surface area contributed by atoms with Crippen molar-refractivity contribution in [3.63, 3.8) is 0 Å². The Morgan fingerprint density at radius 1 is 1.56 bits per heavy atom.